The van der Waals surface area contributed by atoms with Crippen LogP contribution in [0.2, 0.25) is 0 Å². The van der Waals surface area contributed by atoms with Gasteiger partial charge in [0.25, 0.3) is 5.91 Å². The summed E-state index contributed by atoms with van der Waals surface area (Å²) >= 11 is 0. The molecule has 0 aliphatic carbocycles. The second-order valence-electron chi connectivity index (χ2n) is 9.67. The fourth-order valence-corrected chi connectivity index (χ4v) is 4.58. The first-order chi connectivity index (χ1) is 17.3. The Morgan fingerprint density at radius 3 is 2.44 bits per heavy atom. The number of anilines is 1. The number of carbonyl (C=O) groups is 3. The Balaban J connectivity index is 1.46. The molecule has 3 amide bonds. The Bertz CT molecular complexity index is 1280. The van der Waals surface area contributed by atoms with E-state index in [1.165, 1.54) is 11.0 Å². The Morgan fingerprint density at radius 1 is 1.00 bits per heavy atom. The molecule has 6 nitrogen and oxygen atoms in total. The van der Waals surface area contributed by atoms with E-state index in [1.807, 2.05) is 50.2 Å². The highest BCUT2D eigenvalue weighted by Crippen LogP contribution is 2.37. The van der Waals surface area contributed by atoms with Gasteiger partial charge in [0.2, 0.25) is 11.8 Å². The normalized spacial score (nSPS) is 13.4. The van der Waals surface area contributed by atoms with Gasteiger partial charge in [-0.2, -0.15) is 0 Å². The van der Waals surface area contributed by atoms with E-state index in [0.29, 0.717) is 30.6 Å². The zero-order valence-electron chi connectivity index (χ0n) is 21.0. The van der Waals surface area contributed by atoms with Gasteiger partial charge in [-0.15, -0.1) is 0 Å². The van der Waals surface area contributed by atoms with Crippen LogP contribution in [-0.4, -0.2) is 41.8 Å². The number of hydrogen-bond acceptors (Lipinski definition) is 3. The second kappa shape index (κ2) is 10.9. The van der Waals surface area contributed by atoms with Crippen molar-refractivity contribution in [3.63, 3.8) is 0 Å². The van der Waals surface area contributed by atoms with Gasteiger partial charge in [-0.05, 0) is 42.8 Å². The van der Waals surface area contributed by atoms with Crippen LogP contribution in [0.25, 0.3) is 10.8 Å². The van der Waals surface area contributed by atoms with E-state index in [-0.39, 0.29) is 36.6 Å². The summed E-state index contributed by atoms with van der Waals surface area (Å²) in [6.45, 7) is 6.51. The fourth-order valence-electron chi connectivity index (χ4n) is 4.58. The molecular weight excluding hydrogens is 457 g/mol. The molecule has 7 heteroatoms. The lowest BCUT2D eigenvalue weighted by Crippen LogP contribution is -2.48. The van der Waals surface area contributed by atoms with E-state index in [9.17, 15) is 18.8 Å². The van der Waals surface area contributed by atoms with Crippen LogP contribution in [0.4, 0.5) is 10.1 Å². The lowest BCUT2D eigenvalue weighted by molar-refractivity contribution is -0.140. The predicted octanol–water partition coefficient (Wildman–Crippen LogP) is 4.91. The van der Waals surface area contributed by atoms with Crippen LogP contribution >= 0.6 is 0 Å². The molecular formula is C29H32FN3O3. The standard InChI is InChI=1S/C29H32FN3O3/c1-19(2)17-31-28(35)20(3)33(18-22-9-4-5-13-24(22)30)26(34)15-8-16-32-25-14-7-11-21-10-6-12-23(27(21)25)29(32)36/h4-7,9-14,19-20H,8,15-18H2,1-3H3,(H,31,35). The van der Waals surface area contributed by atoms with Crippen molar-refractivity contribution in [2.24, 2.45) is 5.92 Å². The number of nitrogens with zero attached hydrogens (tertiary/aromatic N) is 2. The minimum atomic E-state index is -0.762. The van der Waals surface area contributed by atoms with E-state index in [2.05, 4.69) is 5.32 Å². The third kappa shape index (κ3) is 5.25. The van der Waals surface area contributed by atoms with Crippen LogP contribution < -0.4 is 10.2 Å². The van der Waals surface area contributed by atoms with E-state index >= 15 is 0 Å². The number of nitrogens with one attached hydrogen (secondary N) is 1. The molecule has 1 unspecified atom stereocenters. The molecule has 3 aromatic rings. The maximum Gasteiger partial charge on any atom is 0.258 e. The molecule has 0 spiro atoms. The van der Waals surface area contributed by atoms with Gasteiger partial charge in [-0.1, -0.05) is 56.3 Å². The molecule has 188 valence electrons. The van der Waals surface area contributed by atoms with Crippen molar-refractivity contribution in [1.82, 2.24) is 10.2 Å². The van der Waals surface area contributed by atoms with Crippen molar-refractivity contribution < 1.29 is 18.8 Å². The van der Waals surface area contributed by atoms with Crippen LogP contribution in [0.1, 0.15) is 49.5 Å². The van der Waals surface area contributed by atoms with Crippen molar-refractivity contribution in [1.29, 1.82) is 0 Å². The number of hydrogen-bond donors (Lipinski definition) is 1. The van der Waals surface area contributed by atoms with Crippen LogP contribution in [-0.2, 0) is 16.1 Å². The highest BCUT2D eigenvalue weighted by Gasteiger charge is 2.30. The summed E-state index contributed by atoms with van der Waals surface area (Å²) in [4.78, 5) is 42.3. The first-order valence-electron chi connectivity index (χ1n) is 12.4. The third-order valence-corrected chi connectivity index (χ3v) is 6.57. The van der Waals surface area contributed by atoms with E-state index in [1.54, 1.807) is 30.0 Å². The largest absolute Gasteiger partial charge is 0.354 e. The van der Waals surface area contributed by atoms with Crippen LogP contribution in [0.15, 0.2) is 60.7 Å². The van der Waals surface area contributed by atoms with Gasteiger partial charge in [0.15, 0.2) is 0 Å². The highest BCUT2D eigenvalue weighted by atomic mass is 19.1. The molecule has 0 saturated carbocycles. The quantitative estimate of drug-likeness (QED) is 0.440. The first kappa shape index (κ1) is 25.4. The fraction of sp³-hybridized carbons (Fsp3) is 0.345. The molecule has 0 fully saturated rings. The molecule has 1 aliphatic heterocycles. The van der Waals surface area contributed by atoms with E-state index in [0.717, 1.165) is 16.5 Å². The van der Waals surface area contributed by atoms with Gasteiger partial charge in [0.05, 0.1) is 5.69 Å². The predicted molar refractivity (Wildman–Crippen MR) is 139 cm³/mol. The van der Waals surface area contributed by atoms with E-state index in [4.69, 9.17) is 0 Å². The maximum absolute atomic E-state index is 14.4. The van der Waals surface area contributed by atoms with Crippen molar-refractivity contribution in [2.75, 3.05) is 18.0 Å². The number of halogens is 1. The van der Waals surface area contributed by atoms with Gasteiger partial charge >= 0.3 is 0 Å². The van der Waals surface area contributed by atoms with Crippen LogP contribution in [0, 0.1) is 11.7 Å². The molecule has 4 rings (SSSR count). The topological polar surface area (TPSA) is 69.7 Å². The summed E-state index contributed by atoms with van der Waals surface area (Å²) in [5, 5.41) is 4.81. The van der Waals surface area contributed by atoms with Crippen molar-refractivity contribution in [3.8, 4) is 0 Å². The van der Waals surface area contributed by atoms with Crippen molar-refractivity contribution in [3.05, 3.63) is 77.6 Å². The molecule has 1 atom stereocenters. The molecule has 0 saturated heterocycles. The smallest absolute Gasteiger partial charge is 0.258 e. The Labute approximate surface area is 211 Å². The van der Waals surface area contributed by atoms with E-state index < -0.39 is 11.9 Å². The summed E-state index contributed by atoms with van der Waals surface area (Å²) in [5.41, 5.74) is 1.88. The molecule has 0 bridgehead atoms. The molecule has 1 aliphatic rings. The van der Waals surface area contributed by atoms with Gasteiger partial charge in [0.1, 0.15) is 11.9 Å². The maximum atomic E-state index is 14.4. The molecule has 0 aromatic heterocycles. The van der Waals surface area contributed by atoms with Crippen LogP contribution in [0.5, 0.6) is 0 Å². The second-order valence-corrected chi connectivity index (χ2v) is 9.67. The SMILES string of the molecule is CC(C)CNC(=O)C(C)N(Cc1ccccc1F)C(=O)CCCN1C(=O)c2cccc3cccc1c23. The summed E-state index contributed by atoms with van der Waals surface area (Å²) in [5.74, 6) is -0.751. The number of rotatable bonds is 10. The van der Waals surface area contributed by atoms with Gasteiger partial charge in [0, 0.05) is 42.6 Å². The van der Waals surface area contributed by atoms with Gasteiger partial charge in [-0.25, -0.2) is 4.39 Å². The zero-order chi connectivity index (χ0) is 25.8. The molecule has 36 heavy (non-hydrogen) atoms. The molecule has 0 radical (unpaired) electrons. The molecule has 1 N–H and O–H groups in total. The lowest BCUT2D eigenvalue weighted by atomic mass is 10.1. The van der Waals surface area contributed by atoms with Gasteiger partial charge in [-0.3, -0.25) is 14.4 Å². The number of amides is 3. The highest BCUT2D eigenvalue weighted by molar-refractivity contribution is 6.25. The molecule has 3 aromatic carbocycles. The first-order valence-corrected chi connectivity index (χ1v) is 12.4. The summed E-state index contributed by atoms with van der Waals surface area (Å²) in [6.07, 6.45) is 0.551. The monoisotopic (exact) mass is 489 g/mol. The third-order valence-electron chi connectivity index (χ3n) is 6.57. The Kier molecular flexibility index (Phi) is 7.67. The average Bonchev–Trinajstić information content (AvgIpc) is 3.14. The van der Waals surface area contributed by atoms with Crippen molar-refractivity contribution >= 4 is 34.2 Å². The average molecular weight is 490 g/mol. The summed E-state index contributed by atoms with van der Waals surface area (Å²) < 4.78 is 14.4. The minimum Gasteiger partial charge on any atom is -0.354 e. The summed E-state index contributed by atoms with van der Waals surface area (Å²) in [7, 11) is 0. The Hall–Kier alpha value is -3.74. The number of carbonyl (C=O) groups excluding carboxylic acids is 3. The minimum absolute atomic E-state index is 0.00480. The van der Waals surface area contributed by atoms with Crippen molar-refractivity contribution in [2.45, 2.75) is 46.2 Å². The zero-order valence-corrected chi connectivity index (χ0v) is 21.0. The Morgan fingerprint density at radius 2 is 1.72 bits per heavy atom. The lowest BCUT2D eigenvalue weighted by Gasteiger charge is -2.29. The summed E-state index contributed by atoms with van der Waals surface area (Å²) in [6, 6.07) is 17.0. The molecule has 1 heterocycles. The number of benzene rings is 3. The van der Waals surface area contributed by atoms with Crippen LogP contribution in [0.3, 0.4) is 0 Å². The van der Waals surface area contributed by atoms with Gasteiger partial charge < -0.3 is 15.1 Å².